The molecule has 0 saturated carbocycles. The van der Waals surface area contributed by atoms with Gasteiger partial charge in [0.1, 0.15) is 5.82 Å². The van der Waals surface area contributed by atoms with Crippen molar-refractivity contribution < 1.29 is 12.8 Å². The van der Waals surface area contributed by atoms with Crippen LogP contribution in [0, 0.1) is 5.82 Å². The lowest BCUT2D eigenvalue weighted by Crippen LogP contribution is -2.16. The molecule has 0 saturated heterocycles. The molecule has 0 spiro atoms. The topological polar surface area (TPSA) is 51.4 Å². The predicted molar refractivity (Wildman–Crippen MR) is 96.9 cm³/mol. The summed E-state index contributed by atoms with van der Waals surface area (Å²) < 4.78 is 45.5. The number of rotatable bonds is 4. The number of allylic oxidation sites excluding steroid dienone is 1. The number of sulfonamides is 1. The molecule has 1 heterocycles. The molecule has 3 aromatic rings. The normalized spacial score (nSPS) is 12.7. The van der Waals surface area contributed by atoms with Gasteiger partial charge in [-0.3, -0.25) is 0 Å². The van der Waals surface area contributed by atoms with Crippen molar-refractivity contribution >= 4 is 47.5 Å². The Labute approximate surface area is 150 Å². The third-order valence-corrected chi connectivity index (χ3v) is 6.20. The summed E-state index contributed by atoms with van der Waals surface area (Å²) in [6.07, 6.45) is 1.68. The molecule has 0 fully saturated rings. The maximum atomic E-state index is 13.0. The van der Waals surface area contributed by atoms with Crippen LogP contribution in [0.1, 0.15) is 0 Å². The van der Waals surface area contributed by atoms with Gasteiger partial charge in [0.25, 0.3) is 10.0 Å². The summed E-state index contributed by atoms with van der Waals surface area (Å²) >= 11 is 4.67. The fourth-order valence-electron chi connectivity index (χ4n) is 2.18. The van der Waals surface area contributed by atoms with Crippen molar-refractivity contribution in [2.45, 2.75) is 11.4 Å². The van der Waals surface area contributed by atoms with E-state index in [0.717, 1.165) is 26.8 Å². The van der Waals surface area contributed by atoms with Crippen molar-refractivity contribution in [1.82, 2.24) is 4.57 Å². The summed E-state index contributed by atoms with van der Waals surface area (Å²) in [7, 11) is -3.93. The smallest absolute Gasteiger partial charge is 0.285 e. The van der Waals surface area contributed by atoms with E-state index in [9.17, 15) is 12.8 Å². The summed E-state index contributed by atoms with van der Waals surface area (Å²) in [5, 5.41) is 0. The van der Waals surface area contributed by atoms with E-state index in [-0.39, 0.29) is 4.90 Å². The van der Waals surface area contributed by atoms with Crippen LogP contribution in [0.25, 0.3) is 10.2 Å². The zero-order valence-corrected chi connectivity index (χ0v) is 15.5. The maximum absolute atomic E-state index is 13.0. The molecule has 4 nitrogen and oxygen atoms in total. The van der Waals surface area contributed by atoms with Crippen LogP contribution in [-0.4, -0.2) is 13.0 Å². The lowest BCUT2D eigenvalue weighted by Gasteiger charge is -2.02. The van der Waals surface area contributed by atoms with Crippen LogP contribution in [0.2, 0.25) is 0 Å². The van der Waals surface area contributed by atoms with Gasteiger partial charge in [-0.2, -0.15) is 8.42 Å². The molecular weight excluding hydrogens is 415 g/mol. The van der Waals surface area contributed by atoms with E-state index >= 15 is 0 Å². The minimum Gasteiger partial charge on any atom is -0.312 e. The Morgan fingerprint density at radius 2 is 1.96 bits per heavy atom. The highest BCUT2D eigenvalue weighted by atomic mass is 79.9. The largest absolute Gasteiger partial charge is 0.312 e. The highest BCUT2D eigenvalue weighted by Gasteiger charge is 2.14. The van der Waals surface area contributed by atoms with E-state index in [1.165, 1.54) is 23.5 Å². The SMILES string of the molecule is C=CCn1c(=NS(=O)(=O)c2ccc(F)cc2)sc2cc(Br)ccc21. The van der Waals surface area contributed by atoms with Gasteiger partial charge in [-0.15, -0.1) is 11.0 Å². The van der Waals surface area contributed by atoms with Crippen LogP contribution >= 0.6 is 27.3 Å². The van der Waals surface area contributed by atoms with Crippen LogP contribution in [0.15, 0.2) is 68.9 Å². The maximum Gasteiger partial charge on any atom is 0.285 e. The minimum absolute atomic E-state index is 0.0484. The predicted octanol–water partition coefficient (Wildman–Crippen LogP) is 4.08. The van der Waals surface area contributed by atoms with Gasteiger partial charge in [0.15, 0.2) is 0 Å². The first-order valence-corrected chi connectivity index (χ1v) is 9.92. The summed E-state index contributed by atoms with van der Waals surface area (Å²) in [6.45, 7) is 4.14. The molecule has 0 N–H and O–H groups in total. The summed E-state index contributed by atoms with van der Waals surface area (Å²) in [5.74, 6) is -0.498. The van der Waals surface area contributed by atoms with E-state index in [1.54, 1.807) is 10.6 Å². The highest BCUT2D eigenvalue weighted by Crippen LogP contribution is 2.23. The van der Waals surface area contributed by atoms with Crippen LogP contribution in [0.4, 0.5) is 4.39 Å². The molecule has 3 rings (SSSR count). The van der Waals surface area contributed by atoms with Crippen LogP contribution in [0.3, 0.4) is 0 Å². The van der Waals surface area contributed by atoms with Gasteiger partial charge in [-0.25, -0.2) is 4.39 Å². The van der Waals surface area contributed by atoms with Gasteiger partial charge in [-0.05, 0) is 42.5 Å². The zero-order chi connectivity index (χ0) is 17.3. The van der Waals surface area contributed by atoms with Crippen molar-refractivity contribution in [3.05, 3.63) is 70.2 Å². The fraction of sp³-hybridized carbons (Fsp3) is 0.0625. The number of thiazole rings is 1. The number of hydrogen-bond donors (Lipinski definition) is 0. The Kier molecular flexibility index (Phi) is 4.71. The fourth-order valence-corrected chi connectivity index (χ4v) is 4.98. The second-order valence-electron chi connectivity index (χ2n) is 4.92. The van der Waals surface area contributed by atoms with Gasteiger partial charge < -0.3 is 4.57 Å². The number of benzene rings is 2. The molecule has 0 aliphatic rings. The minimum atomic E-state index is -3.93. The van der Waals surface area contributed by atoms with E-state index in [0.29, 0.717) is 11.3 Å². The Bertz CT molecular complexity index is 1080. The first-order valence-electron chi connectivity index (χ1n) is 6.87. The second-order valence-corrected chi connectivity index (χ2v) is 8.45. The van der Waals surface area contributed by atoms with Gasteiger partial charge in [0, 0.05) is 11.0 Å². The van der Waals surface area contributed by atoms with Crippen molar-refractivity contribution in [1.29, 1.82) is 0 Å². The lowest BCUT2D eigenvalue weighted by atomic mass is 10.3. The van der Waals surface area contributed by atoms with Gasteiger partial charge in [0.2, 0.25) is 4.80 Å². The molecule has 0 bridgehead atoms. The first-order chi connectivity index (χ1) is 11.4. The number of fused-ring (bicyclic) bond motifs is 1. The first kappa shape index (κ1) is 17.1. The van der Waals surface area contributed by atoms with Gasteiger partial charge in [-0.1, -0.05) is 33.3 Å². The van der Waals surface area contributed by atoms with Gasteiger partial charge in [0.05, 0.1) is 15.1 Å². The molecule has 0 unspecified atom stereocenters. The third kappa shape index (κ3) is 3.35. The Morgan fingerprint density at radius 3 is 2.62 bits per heavy atom. The summed E-state index contributed by atoms with van der Waals surface area (Å²) in [5.41, 5.74) is 0.871. The third-order valence-electron chi connectivity index (χ3n) is 3.27. The number of halogens is 2. The molecule has 2 aromatic carbocycles. The Balaban J connectivity index is 2.23. The quantitative estimate of drug-likeness (QED) is 0.590. The summed E-state index contributed by atoms with van der Waals surface area (Å²) in [4.78, 5) is 0.292. The van der Waals surface area contributed by atoms with Crippen molar-refractivity contribution in [3.63, 3.8) is 0 Å². The average Bonchev–Trinajstić information content (AvgIpc) is 2.84. The van der Waals surface area contributed by atoms with E-state index in [1.807, 2.05) is 18.2 Å². The van der Waals surface area contributed by atoms with E-state index in [4.69, 9.17) is 0 Å². The van der Waals surface area contributed by atoms with Crippen LogP contribution < -0.4 is 4.80 Å². The van der Waals surface area contributed by atoms with Crippen molar-refractivity contribution in [3.8, 4) is 0 Å². The van der Waals surface area contributed by atoms with Crippen molar-refractivity contribution in [2.75, 3.05) is 0 Å². The molecule has 8 heteroatoms. The molecule has 0 aliphatic heterocycles. The van der Waals surface area contributed by atoms with Gasteiger partial charge >= 0.3 is 0 Å². The summed E-state index contributed by atoms with van der Waals surface area (Å²) in [6, 6.07) is 10.3. The van der Waals surface area contributed by atoms with Crippen LogP contribution in [0.5, 0.6) is 0 Å². The molecule has 0 amide bonds. The molecule has 24 heavy (non-hydrogen) atoms. The second kappa shape index (κ2) is 6.62. The Morgan fingerprint density at radius 1 is 1.25 bits per heavy atom. The number of hydrogen-bond acceptors (Lipinski definition) is 3. The molecular formula is C16H12BrFN2O2S2. The molecule has 0 aliphatic carbocycles. The molecule has 0 atom stereocenters. The van der Waals surface area contributed by atoms with E-state index in [2.05, 4.69) is 26.9 Å². The monoisotopic (exact) mass is 426 g/mol. The van der Waals surface area contributed by atoms with Crippen molar-refractivity contribution in [2.24, 2.45) is 4.40 Å². The number of aromatic nitrogens is 1. The van der Waals surface area contributed by atoms with E-state index < -0.39 is 15.8 Å². The average molecular weight is 427 g/mol. The zero-order valence-electron chi connectivity index (χ0n) is 12.3. The Hall–Kier alpha value is -1.77. The highest BCUT2D eigenvalue weighted by molar-refractivity contribution is 9.10. The van der Waals surface area contributed by atoms with Crippen LogP contribution in [-0.2, 0) is 16.6 Å². The molecule has 1 aromatic heterocycles. The molecule has 0 radical (unpaired) electrons. The standard InChI is InChI=1S/C16H12BrFN2O2S2/c1-2-9-20-14-8-3-11(17)10-15(14)23-16(20)19-24(21,22)13-6-4-12(18)5-7-13/h2-8,10H,1,9H2. The molecule has 124 valence electrons. The number of nitrogens with zero attached hydrogens (tertiary/aromatic N) is 2. The lowest BCUT2D eigenvalue weighted by molar-refractivity contribution is 0.594.